The fourth-order valence-electron chi connectivity index (χ4n) is 3.41. The molecule has 4 unspecified atom stereocenters. The van der Waals surface area contributed by atoms with Gasteiger partial charge in [-0.25, -0.2) is 0 Å². The minimum Gasteiger partial charge on any atom is -0.508 e. The maximum atomic E-state index is 12.8. The Kier molecular flexibility index (Phi) is 7.62. The second kappa shape index (κ2) is 10.4. The topological polar surface area (TPSA) is 162 Å². The number of rotatable bonds is 8. The Morgan fingerprint density at radius 2 is 1.88 bits per heavy atom. The molecule has 3 amide bonds. The van der Waals surface area contributed by atoms with Crippen molar-refractivity contribution in [3.05, 3.63) is 63.9 Å². The van der Waals surface area contributed by atoms with E-state index in [4.69, 9.17) is 5.73 Å². The smallest absolute Gasteiger partial charge is 0.247 e. The van der Waals surface area contributed by atoms with E-state index in [1.807, 2.05) is 17.5 Å². The molecular formula is C22H25N3O6S. The predicted molar refractivity (Wildman–Crippen MR) is 118 cm³/mol. The van der Waals surface area contributed by atoms with Crippen LogP contribution in [0, 0.1) is 0 Å². The highest BCUT2D eigenvalue weighted by Gasteiger charge is 2.34. The molecule has 170 valence electrons. The van der Waals surface area contributed by atoms with Crippen molar-refractivity contribution in [1.29, 1.82) is 0 Å². The van der Waals surface area contributed by atoms with Crippen LogP contribution in [-0.2, 0) is 27.2 Å². The molecule has 0 radical (unpaired) electrons. The van der Waals surface area contributed by atoms with Crippen LogP contribution in [0.2, 0.25) is 0 Å². The average Bonchev–Trinajstić information content (AvgIpc) is 3.25. The maximum Gasteiger partial charge on any atom is 0.247 e. The standard InChI is InChI=1S/C22H25N3O6S/c23-21(30)17(8-12-3-5-14(26)6-4-12)25-22(31)13-9-16(20(29)18(27)10-13)24-19(28)11-15-2-1-7-32-15/h1-7,9,16-18,20,26-27,29H,8,10-11H2,(H2,23,30)(H,24,28)(H,25,31). The average molecular weight is 460 g/mol. The van der Waals surface area contributed by atoms with E-state index in [1.165, 1.54) is 29.5 Å². The first-order valence-electron chi connectivity index (χ1n) is 9.99. The van der Waals surface area contributed by atoms with Crippen LogP contribution in [0.25, 0.3) is 0 Å². The van der Waals surface area contributed by atoms with Crippen LogP contribution in [-0.4, -0.2) is 57.3 Å². The van der Waals surface area contributed by atoms with Gasteiger partial charge in [0.25, 0.3) is 0 Å². The van der Waals surface area contributed by atoms with Crippen LogP contribution in [0.4, 0.5) is 0 Å². The van der Waals surface area contributed by atoms with Crippen LogP contribution >= 0.6 is 11.3 Å². The molecule has 7 N–H and O–H groups in total. The van der Waals surface area contributed by atoms with Gasteiger partial charge >= 0.3 is 0 Å². The van der Waals surface area contributed by atoms with Gasteiger partial charge in [0, 0.05) is 23.3 Å². The summed E-state index contributed by atoms with van der Waals surface area (Å²) in [5.41, 5.74) is 6.24. The first kappa shape index (κ1) is 23.5. The Morgan fingerprint density at radius 1 is 1.16 bits per heavy atom. The number of carbonyl (C=O) groups excluding carboxylic acids is 3. The van der Waals surface area contributed by atoms with Gasteiger partial charge in [-0.05, 0) is 29.1 Å². The third-order valence-electron chi connectivity index (χ3n) is 5.13. The predicted octanol–water partition coefficient (Wildman–Crippen LogP) is -0.254. The van der Waals surface area contributed by atoms with Crippen molar-refractivity contribution < 1.29 is 29.7 Å². The zero-order valence-electron chi connectivity index (χ0n) is 17.1. The monoisotopic (exact) mass is 459 g/mol. The lowest BCUT2D eigenvalue weighted by Crippen LogP contribution is -2.52. The number of amides is 3. The van der Waals surface area contributed by atoms with Crippen LogP contribution in [0.3, 0.4) is 0 Å². The summed E-state index contributed by atoms with van der Waals surface area (Å²) in [6, 6.07) is 7.78. The molecule has 4 atom stereocenters. The number of aliphatic hydroxyl groups excluding tert-OH is 2. The quantitative estimate of drug-likeness (QED) is 0.319. The maximum absolute atomic E-state index is 12.8. The van der Waals surface area contributed by atoms with Crippen molar-refractivity contribution in [3.8, 4) is 5.75 Å². The molecule has 0 spiro atoms. The lowest BCUT2D eigenvalue weighted by atomic mass is 9.89. The summed E-state index contributed by atoms with van der Waals surface area (Å²) in [4.78, 5) is 37.8. The Labute approximate surface area is 188 Å². The highest BCUT2D eigenvalue weighted by molar-refractivity contribution is 7.10. The van der Waals surface area contributed by atoms with E-state index in [2.05, 4.69) is 10.6 Å². The second-order valence-electron chi connectivity index (χ2n) is 7.60. The van der Waals surface area contributed by atoms with Crippen molar-refractivity contribution in [2.24, 2.45) is 5.73 Å². The number of hydrogen-bond donors (Lipinski definition) is 6. The Morgan fingerprint density at radius 3 is 2.50 bits per heavy atom. The van der Waals surface area contributed by atoms with Crippen molar-refractivity contribution in [2.45, 2.75) is 43.6 Å². The molecule has 1 aliphatic carbocycles. The number of nitrogens with two attached hydrogens (primary N) is 1. The van der Waals surface area contributed by atoms with Gasteiger partial charge in [-0.2, -0.15) is 0 Å². The van der Waals surface area contributed by atoms with Crippen molar-refractivity contribution in [3.63, 3.8) is 0 Å². The van der Waals surface area contributed by atoms with E-state index in [9.17, 15) is 29.7 Å². The largest absolute Gasteiger partial charge is 0.508 e. The van der Waals surface area contributed by atoms with E-state index in [1.54, 1.807) is 12.1 Å². The van der Waals surface area contributed by atoms with E-state index >= 15 is 0 Å². The number of carbonyl (C=O) groups is 3. The van der Waals surface area contributed by atoms with E-state index < -0.39 is 36.1 Å². The van der Waals surface area contributed by atoms with Gasteiger partial charge in [0.1, 0.15) is 17.9 Å². The zero-order valence-corrected chi connectivity index (χ0v) is 17.9. The first-order chi connectivity index (χ1) is 15.2. The van der Waals surface area contributed by atoms with E-state index in [0.717, 1.165) is 4.88 Å². The fourth-order valence-corrected chi connectivity index (χ4v) is 4.12. The number of nitrogens with one attached hydrogen (secondary N) is 2. The second-order valence-corrected chi connectivity index (χ2v) is 8.63. The van der Waals surface area contributed by atoms with Gasteiger partial charge in [-0.3, -0.25) is 14.4 Å². The summed E-state index contributed by atoms with van der Waals surface area (Å²) < 4.78 is 0. The number of phenols is 1. The summed E-state index contributed by atoms with van der Waals surface area (Å²) >= 11 is 1.42. The molecular weight excluding hydrogens is 434 g/mol. The third kappa shape index (κ3) is 6.16. The van der Waals surface area contributed by atoms with Gasteiger partial charge in [-0.1, -0.05) is 24.3 Å². The van der Waals surface area contributed by atoms with Gasteiger partial charge in [0.15, 0.2) is 0 Å². The van der Waals surface area contributed by atoms with Crippen LogP contribution in [0.5, 0.6) is 5.75 Å². The molecule has 32 heavy (non-hydrogen) atoms. The Bertz CT molecular complexity index is 990. The van der Waals surface area contributed by atoms with E-state index in [0.29, 0.717) is 5.56 Å². The van der Waals surface area contributed by atoms with Crippen molar-refractivity contribution >= 4 is 29.1 Å². The zero-order chi connectivity index (χ0) is 23.3. The van der Waals surface area contributed by atoms with Crippen LogP contribution in [0.1, 0.15) is 16.9 Å². The molecule has 2 aromatic rings. The number of benzene rings is 1. The molecule has 1 aromatic heterocycles. The highest BCUT2D eigenvalue weighted by atomic mass is 32.1. The van der Waals surface area contributed by atoms with E-state index in [-0.39, 0.29) is 36.5 Å². The summed E-state index contributed by atoms with van der Waals surface area (Å²) in [5, 5.41) is 36.9. The van der Waals surface area contributed by atoms with Crippen molar-refractivity contribution in [1.82, 2.24) is 10.6 Å². The molecule has 0 aliphatic heterocycles. The molecule has 10 heteroatoms. The highest BCUT2D eigenvalue weighted by Crippen LogP contribution is 2.21. The number of phenolic OH excluding ortho intramolecular Hbond substituents is 1. The summed E-state index contributed by atoms with van der Waals surface area (Å²) in [7, 11) is 0. The Hall–Kier alpha value is -3.21. The van der Waals surface area contributed by atoms with Gasteiger partial charge in [0.05, 0.1) is 18.6 Å². The number of aliphatic hydroxyl groups is 2. The Balaban J connectivity index is 1.68. The molecule has 9 nitrogen and oxygen atoms in total. The summed E-state index contributed by atoms with van der Waals surface area (Å²) in [6.45, 7) is 0. The summed E-state index contributed by atoms with van der Waals surface area (Å²) in [5.74, 6) is -1.66. The van der Waals surface area contributed by atoms with Crippen LogP contribution in [0.15, 0.2) is 53.4 Å². The van der Waals surface area contributed by atoms with Crippen molar-refractivity contribution in [2.75, 3.05) is 0 Å². The minimum absolute atomic E-state index is 0.0699. The molecule has 1 heterocycles. The third-order valence-corrected chi connectivity index (χ3v) is 6.01. The molecule has 0 saturated carbocycles. The number of aromatic hydroxyl groups is 1. The van der Waals surface area contributed by atoms with Gasteiger partial charge in [0.2, 0.25) is 17.7 Å². The molecule has 0 bridgehead atoms. The SMILES string of the molecule is NC(=O)C(Cc1ccc(O)cc1)NC(=O)C1=CC(NC(=O)Cc2cccs2)C(O)C(O)C1. The normalized spacial score (nSPS) is 21.3. The van der Waals surface area contributed by atoms with Gasteiger partial charge < -0.3 is 31.7 Å². The number of hydrogen-bond acceptors (Lipinski definition) is 7. The first-order valence-corrected chi connectivity index (χ1v) is 10.9. The van der Waals surface area contributed by atoms with Gasteiger partial charge in [-0.15, -0.1) is 11.3 Å². The lowest BCUT2D eigenvalue weighted by molar-refractivity contribution is -0.126. The summed E-state index contributed by atoms with van der Waals surface area (Å²) in [6.07, 6.45) is -1.07. The molecule has 1 aliphatic rings. The molecule has 3 rings (SSSR count). The molecule has 0 fully saturated rings. The number of thiophene rings is 1. The van der Waals surface area contributed by atoms with Crippen LogP contribution < -0.4 is 16.4 Å². The number of primary amides is 1. The molecule has 1 aromatic carbocycles. The fraction of sp³-hybridized carbons (Fsp3) is 0.318. The minimum atomic E-state index is -1.28. The lowest BCUT2D eigenvalue weighted by Gasteiger charge is -2.31. The molecule has 0 saturated heterocycles.